The lowest BCUT2D eigenvalue weighted by Gasteiger charge is -2.39. The Bertz CT molecular complexity index is 762. The number of amides is 3. The van der Waals surface area contributed by atoms with Crippen molar-refractivity contribution in [2.45, 2.75) is 6.42 Å². The van der Waals surface area contributed by atoms with Crippen LogP contribution in [-0.4, -0.2) is 87.7 Å². The van der Waals surface area contributed by atoms with Crippen molar-refractivity contribution in [2.24, 2.45) is 4.99 Å². The molecule has 3 amide bonds. The molecule has 0 fully saturated rings. The molecule has 9 heteroatoms. The van der Waals surface area contributed by atoms with E-state index in [1.54, 1.807) is 36.2 Å². The number of benzene rings is 1. The molecule has 8 nitrogen and oxygen atoms in total. The molecule has 0 aromatic heterocycles. The highest BCUT2D eigenvalue weighted by atomic mass is 35.5. The van der Waals surface area contributed by atoms with Crippen molar-refractivity contribution in [3.05, 3.63) is 28.8 Å². The van der Waals surface area contributed by atoms with Crippen LogP contribution in [0.5, 0.6) is 0 Å². The fraction of sp³-hybridized carbons (Fsp3) is 0.526. The van der Waals surface area contributed by atoms with E-state index < -0.39 is 0 Å². The molecule has 0 saturated carbocycles. The van der Waals surface area contributed by atoms with Crippen LogP contribution in [0.2, 0.25) is 5.02 Å². The zero-order valence-corrected chi connectivity index (χ0v) is 16.9. The highest BCUT2D eigenvalue weighted by molar-refractivity contribution is 6.31. The molecule has 0 spiro atoms. The van der Waals surface area contributed by atoms with Gasteiger partial charge in [-0.2, -0.15) is 0 Å². The standard InChI is InChI=1S/C19H25ClN4O4/c1-27-10-8-22(9-11-28-2)17(25)13-24-16-12-14(20)4-5-15(16)18-21-6-3-7-23(18)19(24)26/h4-5,12H,3,6-11,13H2,1-2H3. The third-order valence-corrected chi connectivity index (χ3v) is 5.02. The number of halogens is 1. The van der Waals surface area contributed by atoms with Crippen molar-refractivity contribution in [1.29, 1.82) is 0 Å². The van der Waals surface area contributed by atoms with Crippen LogP contribution in [0.1, 0.15) is 12.0 Å². The molecule has 2 heterocycles. The molecule has 1 aromatic carbocycles. The summed E-state index contributed by atoms with van der Waals surface area (Å²) in [5, 5.41) is 0.504. The molecule has 0 N–H and O–H groups in total. The Morgan fingerprint density at radius 2 is 1.96 bits per heavy atom. The summed E-state index contributed by atoms with van der Waals surface area (Å²) in [6.07, 6.45) is 0.799. The maximum Gasteiger partial charge on any atom is 0.330 e. The lowest BCUT2D eigenvalue weighted by Crippen LogP contribution is -2.55. The van der Waals surface area contributed by atoms with Crippen molar-refractivity contribution in [2.75, 3.05) is 65.1 Å². The van der Waals surface area contributed by atoms with Gasteiger partial charge in [-0.05, 0) is 24.6 Å². The highest BCUT2D eigenvalue weighted by Crippen LogP contribution is 2.33. The number of hydrogen-bond acceptors (Lipinski definition) is 5. The minimum atomic E-state index is -0.250. The number of carbonyl (C=O) groups excluding carboxylic acids is 2. The number of methoxy groups -OCH3 is 2. The maximum absolute atomic E-state index is 13.1. The van der Waals surface area contributed by atoms with Crippen LogP contribution in [0.3, 0.4) is 0 Å². The van der Waals surface area contributed by atoms with E-state index in [1.165, 1.54) is 4.90 Å². The summed E-state index contributed by atoms with van der Waals surface area (Å²) in [7, 11) is 3.17. The maximum atomic E-state index is 13.1. The molecule has 0 saturated heterocycles. The number of anilines is 1. The van der Waals surface area contributed by atoms with E-state index >= 15 is 0 Å². The highest BCUT2D eigenvalue weighted by Gasteiger charge is 2.37. The molecular formula is C19H25ClN4O4. The molecule has 1 aromatic rings. The summed E-state index contributed by atoms with van der Waals surface area (Å²) in [5.41, 5.74) is 1.43. The molecule has 0 unspecified atom stereocenters. The summed E-state index contributed by atoms with van der Waals surface area (Å²) in [5.74, 6) is 0.480. The van der Waals surface area contributed by atoms with Gasteiger partial charge in [-0.1, -0.05) is 11.6 Å². The average molecular weight is 409 g/mol. The van der Waals surface area contributed by atoms with Gasteiger partial charge < -0.3 is 14.4 Å². The topological polar surface area (TPSA) is 74.7 Å². The summed E-state index contributed by atoms with van der Waals surface area (Å²) in [6, 6.07) is 5.09. The van der Waals surface area contributed by atoms with E-state index in [0.29, 0.717) is 55.9 Å². The zero-order chi connectivity index (χ0) is 20.1. The van der Waals surface area contributed by atoms with Gasteiger partial charge in [0.2, 0.25) is 5.91 Å². The number of urea groups is 1. The van der Waals surface area contributed by atoms with Gasteiger partial charge in [0.1, 0.15) is 12.4 Å². The molecule has 2 aliphatic heterocycles. The summed E-state index contributed by atoms with van der Waals surface area (Å²) >= 11 is 6.18. The number of ether oxygens (including phenoxy) is 2. The van der Waals surface area contributed by atoms with Crippen LogP contribution in [0.4, 0.5) is 10.5 Å². The second-order valence-corrected chi connectivity index (χ2v) is 7.04. The van der Waals surface area contributed by atoms with Gasteiger partial charge >= 0.3 is 6.03 Å². The second kappa shape index (κ2) is 9.36. The van der Waals surface area contributed by atoms with Crippen LogP contribution >= 0.6 is 11.6 Å². The predicted octanol–water partition coefficient (Wildman–Crippen LogP) is 1.85. The first-order valence-corrected chi connectivity index (χ1v) is 9.63. The molecule has 28 heavy (non-hydrogen) atoms. The fourth-order valence-electron chi connectivity index (χ4n) is 3.34. The largest absolute Gasteiger partial charge is 0.383 e. The van der Waals surface area contributed by atoms with Gasteiger partial charge in [0.25, 0.3) is 0 Å². The van der Waals surface area contributed by atoms with Gasteiger partial charge in [0.15, 0.2) is 0 Å². The number of nitrogens with zero attached hydrogens (tertiary/aromatic N) is 4. The van der Waals surface area contributed by atoms with E-state index in [2.05, 4.69) is 4.99 Å². The fourth-order valence-corrected chi connectivity index (χ4v) is 3.51. The molecule has 0 atom stereocenters. The Morgan fingerprint density at radius 1 is 1.25 bits per heavy atom. The smallest absolute Gasteiger partial charge is 0.330 e. The van der Waals surface area contributed by atoms with Gasteiger partial charge in [0, 0.05) is 51.0 Å². The molecule has 3 rings (SSSR count). The monoisotopic (exact) mass is 408 g/mol. The van der Waals surface area contributed by atoms with Gasteiger partial charge in [-0.25, -0.2) is 4.79 Å². The van der Waals surface area contributed by atoms with Gasteiger partial charge in [-0.3, -0.25) is 19.6 Å². The summed E-state index contributed by atoms with van der Waals surface area (Å²) in [4.78, 5) is 35.4. The van der Waals surface area contributed by atoms with E-state index in [1.807, 2.05) is 6.07 Å². The average Bonchev–Trinajstić information content (AvgIpc) is 2.71. The van der Waals surface area contributed by atoms with Crippen molar-refractivity contribution in [3.63, 3.8) is 0 Å². The summed E-state index contributed by atoms with van der Waals surface area (Å²) in [6.45, 7) is 2.87. The Kier molecular flexibility index (Phi) is 6.88. The van der Waals surface area contributed by atoms with E-state index in [0.717, 1.165) is 12.0 Å². The number of fused-ring (bicyclic) bond motifs is 3. The van der Waals surface area contributed by atoms with Crippen molar-refractivity contribution in [1.82, 2.24) is 9.80 Å². The zero-order valence-electron chi connectivity index (χ0n) is 16.2. The summed E-state index contributed by atoms with van der Waals surface area (Å²) < 4.78 is 10.2. The Morgan fingerprint density at radius 3 is 2.64 bits per heavy atom. The number of rotatable bonds is 8. The normalized spacial score (nSPS) is 15.8. The van der Waals surface area contributed by atoms with Crippen LogP contribution in [0, 0.1) is 0 Å². The Hall–Kier alpha value is -2.16. The van der Waals surface area contributed by atoms with Crippen molar-refractivity contribution in [3.8, 4) is 0 Å². The van der Waals surface area contributed by atoms with Crippen LogP contribution in [0.15, 0.2) is 23.2 Å². The minimum Gasteiger partial charge on any atom is -0.383 e. The molecule has 2 aliphatic rings. The molecule has 0 radical (unpaired) electrons. The first kappa shape index (κ1) is 20.6. The Balaban J connectivity index is 1.88. The van der Waals surface area contributed by atoms with Crippen molar-refractivity contribution >= 4 is 35.1 Å². The first-order valence-electron chi connectivity index (χ1n) is 9.26. The van der Waals surface area contributed by atoms with Crippen LogP contribution in [-0.2, 0) is 14.3 Å². The lowest BCUT2D eigenvalue weighted by molar-refractivity contribution is -0.130. The molecular weight excluding hydrogens is 384 g/mol. The van der Waals surface area contributed by atoms with Crippen LogP contribution in [0.25, 0.3) is 0 Å². The van der Waals surface area contributed by atoms with E-state index in [-0.39, 0.29) is 18.5 Å². The SMILES string of the molecule is COCCN(CCOC)C(=O)CN1C(=O)N2CCCN=C2c2ccc(Cl)cc21. The third kappa shape index (κ3) is 4.29. The first-order chi connectivity index (χ1) is 13.6. The quantitative estimate of drug-likeness (QED) is 0.658. The van der Waals surface area contributed by atoms with Crippen LogP contribution < -0.4 is 4.90 Å². The van der Waals surface area contributed by atoms with Crippen molar-refractivity contribution < 1.29 is 19.1 Å². The minimum absolute atomic E-state index is 0.0800. The number of aliphatic imine (C=N–C) groups is 1. The Labute approximate surface area is 169 Å². The third-order valence-electron chi connectivity index (χ3n) is 4.79. The lowest BCUT2D eigenvalue weighted by atomic mass is 10.1. The number of amidine groups is 1. The predicted molar refractivity (Wildman–Crippen MR) is 107 cm³/mol. The van der Waals surface area contributed by atoms with E-state index in [4.69, 9.17) is 21.1 Å². The number of hydrogen-bond donors (Lipinski definition) is 0. The van der Waals surface area contributed by atoms with Gasteiger partial charge in [0.05, 0.1) is 18.9 Å². The second-order valence-electron chi connectivity index (χ2n) is 6.61. The van der Waals surface area contributed by atoms with E-state index in [9.17, 15) is 9.59 Å². The molecule has 0 aliphatic carbocycles. The molecule has 152 valence electrons. The van der Waals surface area contributed by atoms with Gasteiger partial charge in [-0.15, -0.1) is 0 Å². The number of carbonyl (C=O) groups is 2. The molecule has 0 bridgehead atoms.